The summed E-state index contributed by atoms with van der Waals surface area (Å²) < 4.78 is 45.0. The molecule has 0 aliphatic carbocycles. The summed E-state index contributed by atoms with van der Waals surface area (Å²) in [7, 11) is 0. The highest BCUT2D eigenvalue weighted by molar-refractivity contribution is 5.98. The van der Waals surface area contributed by atoms with Crippen LogP contribution in [0.4, 0.5) is 30.4 Å². The SMILES string of the molecule is Nc1cccc(C(=O)N[C@@]2(C(=O)NCc3ccc(Nc4ccccc4C(F)(F)F)cc3)CCOC2)n1. The van der Waals surface area contributed by atoms with E-state index < -0.39 is 29.1 Å². The summed E-state index contributed by atoms with van der Waals surface area (Å²) >= 11 is 0. The molecule has 2 aromatic carbocycles. The monoisotopic (exact) mass is 499 g/mol. The lowest BCUT2D eigenvalue weighted by molar-refractivity contribution is -0.137. The van der Waals surface area contributed by atoms with E-state index in [1.165, 1.54) is 24.3 Å². The van der Waals surface area contributed by atoms with E-state index in [4.69, 9.17) is 10.5 Å². The Kier molecular flexibility index (Phi) is 7.11. The minimum Gasteiger partial charge on any atom is -0.384 e. The number of ether oxygens (including phenoxy) is 1. The fraction of sp³-hybridized carbons (Fsp3) is 0.240. The summed E-state index contributed by atoms with van der Waals surface area (Å²) in [5.41, 5.74) is 4.83. The number of nitrogen functional groups attached to an aromatic ring is 1. The van der Waals surface area contributed by atoms with Crippen LogP contribution in [0.15, 0.2) is 66.7 Å². The van der Waals surface area contributed by atoms with Gasteiger partial charge in [-0.1, -0.05) is 30.3 Å². The number of nitrogens with one attached hydrogen (secondary N) is 3. The second-order valence-electron chi connectivity index (χ2n) is 8.33. The summed E-state index contributed by atoms with van der Waals surface area (Å²) in [6.45, 7) is 0.457. The van der Waals surface area contributed by atoms with Crippen LogP contribution in [0, 0.1) is 0 Å². The molecular formula is C25H24F3N5O3. The van der Waals surface area contributed by atoms with Crippen molar-refractivity contribution in [2.24, 2.45) is 0 Å². The van der Waals surface area contributed by atoms with Crippen LogP contribution in [0.2, 0.25) is 0 Å². The zero-order chi connectivity index (χ0) is 25.8. The largest absolute Gasteiger partial charge is 0.418 e. The van der Waals surface area contributed by atoms with Gasteiger partial charge in [0.25, 0.3) is 5.91 Å². The third kappa shape index (κ3) is 5.74. The van der Waals surface area contributed by atoms with Gasteiger partial charge in [-0.05, 0) is 42.0 Å². The average molecular weight is 499 g/mol. The first kappa shape index (κ1) is 25.0. The van der Waals surface area contributed by atoms with Crippen LogP contribution in [0.1, 0.15) is 28.0 Å². The van der Waals surface area contributed by atoms with Crippen LogP contribution < -0.4 is 21.7 Å². The molecule has 0 radical (unpaired) electrons. The van der Waals surface area contributed by atoms with Crippen LogP contribution in [0.3, 0.4) is 0 Å². The number of halogens is 3. The van der Waals surface area contributed by atoms with Gasteiger partial charge in [0.1, 0.15) is 17.1 Å². The first-order valence-electron chi connectivity index (χ1n) is 11.1. The number of carbonyl (C=O) groups excluding carboxylic acids is 2. The Hall–Kier alpha value is -4.12. The maximum Gasteiger partial charge on any atom is 0.418 e. The maximum atomic E-state index is 13.2. The lowest BCUT2D eigenvalue weighted by Gasteiger charge is -2.27. The standard InChI is InChI=1S/C25H24F3N5O3/c26-25(27,28)18-4-1-2-5-19(18)31-17-10-8-16(9-11-17)14-30-23(35)24(12-13-36-15-24)33-22(34)20-6-3-7-21(29)32-20/h1-11,31H,12-15H2,(H2,29,32)(H,30,35)(H,33,34)/t24-/m0/s1. The van der Waals surface area contributed by atoms with Crippen molar-refractivity contribution >= 4 is 29.0 Å². The van der Waals surface area contributed by atoms with Crippen molar-refractivity contribution in [3.63, 3.8) is 0 Å². The number of anilines is 3. The Labute approximate surface area is 205 Å². The summed E-state index contributed by atoms with van der Waals surface area (Å²) in [6, 6.07) is 16.5. The molecule has 1 saturated heterocycles. The molecule has 11 heteroatoms. The Morgan fingerprint density at radius 2 is 1.78 bits per heavy atom. The van der Waals surface area contributed by atoms with Crippen molar-refractivity contribution in [3.05, 3.63) is 83.6 Å². The van der Waals surface area contributed by atoms with Crippen LogP contribution in [0.25, 0.3) is 0 Å². The zero-order valence-electron chi connectivity index (χ0n) is 19.1. The van der Waals surface area contributed by atoms with Crippen molar-refractivity contribution in [3.8, 4) is 0 Å². The molecule has 5 N–H and O–H groups in total. The molecule has 1 aliphatic heterocycles. The molecule has 36 heavy (non-hydrogen) atoms. The van der Waals surface area contributed by atoms with E-state index in [1.54, 1.807) is 36.4 Å². The van der Waals surface area contributed by atoms with E-state index in [1.807, 2.05) is 0 Å². The number of alkyl halides is 3. The minimum absolute atomic E-state index is 0.00829. The van der Waals surface area contributed by atoms with Crippen molar-refractivity contribution < 1.29 is 27.5 Å². The van der Waals surface area contributed by atoms with Gasteiger partial charge in [0.2, 0.25) is 5.91 Å². The second kappa shape index (κ2) is 10.2. The third-order valence-electron chi connectivity index (χ3n) is 5.73. The molecule has 1 aliphatic rings. The molecule has 4 rings (SSSR count). The Morgan fingerprint density at radius 1 is 1.03 bits per heavy atom. The molecule has 8 nitrogen and oxygen atoms in total. The zero-order valence-corrected chi connectivity index (χ0v) is 19.1. The van der Waals surface area contributed by atoms with Gasteiger partial charge in [0.05, 0.1) is 17.9 Å². The highest BCUT2D eigenvalue weighted by Gasteiger charge is 2.44. The van der Waals surface area contributed by atoms with Crippen LogP contribution in [0.5, 0.6) is 0 Å². The van der Waals surface area contributed by atoms with Crippen molar-refractivity contribution in [2.45, 2.75) is 24.7 Å². The molecule has 0 bridgehead atoms. The van der Waals surface area contributed by atoms with Gasteiger partial charge in [-0.15, -0.1) is 0 Å². The van der Waals surface area contributed by atoms with Gasteiger partial charge in [0.15, 0.2) is 0 Å². The van der Waals surface area contributed by atoms with E-state index >= 15 is 0 Å². The smallest absolute Gasteiger partial charge is 0.384 e. The number of rotatable bonds is 7. The molecule has 1 fully saturated rings. The lowest BCUT2D eigenvalue weighted by atomic mass is 9.96. The Balaban J connectivity index is 1.39. The normalized spacial score (nSPS) is 17.4. The number of nitrogens with zero attached hydrogens (tertiary/aromatic N) is 1. The van der Waals surface area contributed by atoms with Gasteiger partial charge in [0, 0.05) is 25.3 Å². The highest BCUT2D eigenvalue weighted by Crippen LogP contribution is 2.35. The average Bonchev–Trinajstić information content (AvgIpc) is 3.33. The van der Waals surface area contributed by atoms with E-state index in [0.29, 0.717) is 12.3 Å². The van der Waals surface area contributed by atoms with Gasteiger partial charge >= 0.3 is 6.18 Å². The van der Waals surface area contributed by atoms with Gasteiger partial charge in [-0.2, -0.15) is 13.2 Å². The molecule has 188 valence electrons. The number of nitrogens with two attached hydrogens (primary N) is 1. The number of hydrogen-bond acceptors (Lipinski definition) is 6. The Morgan fingerprint density at radius 3 is 2.44 bits per heavy atom. The molecule has 2 amide bonds. The van der Waals surface area contributed by atoms with Gasteiger partial charge in [-0.3, -0.25) is 9.59 Å². The molecule has 2 heterocycles. The van der Waals surface area contributed by atoms with Crippen LogP contribution >= 0.6 is 0 Å². The van der Waals surface area contributed by atoms with E-state index in [2.05, 4.69) is 20.9 Å². The third-order valence-corrected chi connectivity index (χ3v) is 5.73. The number of benzene rings is 2. The fourth-order valence-corrected chi connectivity index (χ4v) is 3.81. The number of amides is 2. The summed E-state index contributed by atoms with van der Waals surface area (Å²) in [6.07, 6.45) is -4.19. The van der Waals surface area contributed by atoms with E-state index in [0.717, 1.165) is 11.6 Å². The topological polar surface area (TPSA) is 118 Å². The number of carbonyl (C=O) groups is 2. The first-order chi connectivity index (χ1) is 17.2. The predicted molar refractivity (Wildman–Crippen MR) is 127 cm³/mol. The highest BCUT2D eigenvalue weighted by atomic mass is 19.4. The maximum absolute atomic E-state index is 13.2. The van der Waals surface area contributed by atoms with E-state index in [-0.39, 0.29) is 36.8 Å². The molecule has 1 aromatic heterocycles. The fourth-order valence-electron chi connectivity index (χ4n) is 3.81. The number of pyridine rings is 1. The second-order valence-corrected chi connectivity index (χ2v) is 8.33. The molecule has 0 saturated carbocycles. The summed E-state index contributed by atoms with van der Waals surface area (Å²) in [5, 5.41) is 8.31. The van der Waals surface area contributed by atoms with Crippen molar-refractivity contribution in [1.29, 1.82) is 0 Å². The van der Waals surface area contributed by atoms with Gasteiger partial charge < -0.3 is 26.4 Å². The summed E-state index contributed by atoms with van der Waals surface area (Å²) in [4.78, 5) is 29.7. The molecule has 1 atom stereocenters. The lowest BCUT2D eigenvalue weighted by Crippen LogP contribution is -2.59. The predicted octanol–water partition coefficient (Wildman–Crippen LogP) is 3.63. The molecule has 3 aromatic rings. The molecule has 0 spiro atoms. The van der Waals surface area contributed by atoms with Crippen molar-refractivity contribution in [1.82, 2.24) is 15.6 Å². The van der Waals surface area contributed by atoms with E-state index in [9.17, 15) is 22.8 Å². The Bertz CT molecular complexity index is 1240. The number of aromatic nitrogens is 1. The first-order valence-corrected chi connectivity index (χ1v) is 11.1. The van der Waals surface area contributed by atoms with Crippen LogP contribution in [-0.4, -0.2) is 35.6 Å². The van der Waals surface area contributed by atoms with Gasteiger partial charge in [-0.25, -0.2) is 4.98 Å². The van der Waals surface area contributed by atoms with Crippen molar-refractivity contribution in [2.75, 3.05) is 24.3 Å². The number of hydrogen-bond donors (Lipinski definition) is 4. The molecular weight excluding hydrogens is 475 g/mol. The summed E-state index contributed by atoms with van der Waals surface area (Å²) in [5.74, 6) is -0.778. The van der Waals surface area contributed by atoms with Crippen LogP contribution in [-0.2, 0) is 22.3 Å². The number of para-hydroxylation sites is 1. The minimum atomic E-state index is -4.48. The quantitative estimate of drug-likeness (QED) is 0.394. The molecule has 0 unspecified atom stereocenters.